The number of hydrogen-bond acceptors (Lipinski definition) is 5. The van der Waals surface area contributed by atoms with Gasteiger partial charge in [0, 0.05) is 19.2 Å². The third-order valence-electron chi connectivity index (χ3n) is 2.97. The highest BCUT2D eigenvalue weighted by molar-refractivity contribution is 8.15. The Balaban J connectivity index is 2.27. The summed E-state index contributed by atoms with van der Waals surface area (Å²) in [7, 11) is 0. The topological polar surface area (TPSA) is 81.5 Å². The van der Waals surface area contributed by atoms with Crippen molar-refractivity contribution in [2.45, 2.75) is 18.7 Å². The van der Waals surface area contributed by atoms with Crippen LogP contribution in [-0.2, 0) is 9.59 Å². The highest BCUT2D eigenvalue weighted by Crippen LogP contribution is 2.32. The number of para-hydroxylation sites is 1. The first-order chi connectivity index (χ1) is 10.1. The van der Waals surface area contributed by atoms with Crippen LogP contribution in [0, 0.1) is 11.3 Å². The van der Waals surface area contributed by atoms with Crippen molar-refractivity contribution in [1.82, 2.24) is 4.90 Å². The van der Waals surface area contributed by atoms with Crippen molar-refractivity contribution in [2.75, 3.05) is 11.4 Å². The molecule has 0 aromatic heterocycles. The van der Waals surface area contributed by atoms with E-state index in [0.717, 1.165) is 16.7 Å². The molecule has 1 heterocycles. The lowest BCUT2D eigenvalue weighted by molar-refractivity contribution is -0.128. The van der Waals surface area contributed by atoms with Crippen molar-refractivity contribution in [3.63, 3.8) is 0 Å². The van der Waals surface area contributed by atoms with Gasteiger partial charge < -0.3 is 0 Å². The third kappa shape index (κ3) is 3.06. The van der Waals surface area contributed by atoms with E-state index >= 15 is 0 Å². The second-order valence-corrected chi connectivity index (χ2v) is 5.39. The molecule has 0 saturated carbocycles. The Morgan fingerprint density at radius 3 is 2.62 bits per heavy atom. The van der Waals surface area contributed by atoms with Crippen molar-refractivity contribution in [2.24, 2.45) is 0 Å². The maximum atomic E-state index is 12.3. The summed E-state index contributed by atoms with van der Waals surface area (Å²) < 4.78 is 0. The molecule has 0 bridgehead atoms. The first-order valence-electron chi connectivity index (χ1n) is 6.30. The van der Waals surface area contributed by atoms with Gasteiger partial charge in [0.05, 0.1) is 12.5 Å². The van der Waals surface area contributed by atoms with Gasteiger partial charge in [0.2, 0.25) is 5.91 Å². The monoisotopic (exact) mass is 303 g/mol. The lowest BCUT2D eigenvalue weighted by Gasteiger charge is -2.25. The number of nitrogens with zero attached hydrogens (tertiary/aromatic N) is 3. The molecule has 1 fully saturated rings. The van der Waals surface area contributed by atoms with Crippen LogP contribution in [0.4, 0.5) is 10.5 Å². The molecule has 0 aliphatic carbocycles. The Kier molecular flexibility index (Phi) is 4.60. The van der Waals surface area contributed by atoms with E-state index in [1.165, 1.54) is 11.8 Å². The molecule has 1 atom stereocenters. The van der Waals surface area contributed by atoms with Crippen molar-refractivity contribution in [3.05, 3.63) is 30.3 Å². The van der Waals surface area contributed by atoms with Gasteiger partial charge in [0.1, 0.15) is 0 Å². The van der Waals surface area contributed by atoms with Crippen molar-refractivity contribution < 1.29 is 14.4 Å². The van der Waals surface area contributed by atoms with Crippen LogP contribution in [0.2, 0.25) is 0 Å². The zero-order chi connectivity index (χ0) is 15.4. The number of nitriles is 1. The molecule has 2 rings (SSSR count). The summed E-state index contributed by atoms with van der Waals surface area (Å²) in [4.78, 5) is 38.4. The SMILES string of the molecule is CC(=O)N(c1ccccc1)[C@H]1SC(=O)N(CCC#N)C1=O. The number of hydrogen-bond donors (Lipinski definition) is 0. The maximum absolute atomic E-state index is 12.3. The molecule has 21 heavy (non-hydrogen) atoms. The highest BCUT2D eigenvalue weighted by atomic mass is 32.2. The third-order valence-corrected chi connectivity index (χ3v) is 4.02. The van der Waals surface area contributed by atoms with Gasteiger partial charge in [-0.15, -0.1) is 0 Å². The van der Waals surface area contributed by atoms with Crippen LogP contribution >= 0.6 is 11.8 Å². The Morgan fingerprint density at radius 2 is 2.05 bits per heavy atom. The summed E-state index contributed by atoms with van der Waals surface area (Å²) in [5, 5.41) is 7.24. The fraction of sp³-hybridized carbons (Fsp3) is 0.286. The average molecular weight is 303 g/mol. The van der Waals surface area contributed by atoms with E-state index in [1.54, 1.807) is 30.3 Å². The molecular weight excluding hydrogens is 290 g/mol. The summed E-state index contributed by atoms with van der Waals surface area (Å²) in [6.07, 6.45) is 0.0795. The van der Waals surface area contributed by atoms with E-state index in [4.69, 9.17) is 5.26 Å². The predicted molar refractivity (Wildman–Crippen MR) is 78.3 cm³/mol. The molecule has 3 amide bonds. The minimum absolute atomic E-state index is 0.0538. The fourth-order valence-electron chi connectivity index (χ4n) is 2.03. The number of benzene rings is 1. The zero-order valence-electron chi connectivity index (χ0n) is 11.4. The minimum Gasteiger partial charge on any atom is -0.290 e. The van der Waals surface area contributed by atoms with E-state index in [2.05, 4.69) is 0 Å². The van der Waals surface area contributed by atoms with E-state index in [0.29, 0.717) is 5.69 Å². The lowest BCUT2D eigenvalue weighted by atomic mass is 10.2. The van der Waals surface area contributed by atoms with E-state index in [1.807, 2.05) is 6.07 Å². The second kappa shape index (κ2) is 6.41. The summed E-state index contributed by atoms with van der Waals surface area (Å²) in [5.41, 5.74) is 0.561. The molecule has 0 radical (unpaired) electrons. The molecule has 0 unspecified atom stereocenters. The molecule has 108 valence electrons. The summed E-state index contributed by atoms with van der Waals surface area (Å²) in [6.45, 7) is 1.40. The summed E-state index contributed by atoms with van der Waals surface area (Å²) in [6, 6.07) is 10.6. The highest BCUT2D eigenvalue weighted by Gasteiger charge is 2.44. The maximum Gasteiger partial charge on any atom is 0.290 e. The second-order valence-electron chi connectivity index (χ2n) is 4.36. The van der Waals surface area contributed by atoms with Gasteiger partial charge in [-0.05, 0) is 23.9 Å². The van der Waals surface area contributed by atoms with E-state index in [9.17, 15) is 14.4 Å². The molecule has 0 N–H and O–H groups in total. The Bertz CT molecular complexity index is 612. The van der Waals surface area contributed by atoms with Crippen LogP contribution in [0.25, 0.3) is 0 Å². The zero-order valence-corrected chi connectivity index (χ0v) is 12.2. The van der Waals surface area contributed by atoms with Gasteiger partial charge in [-0.25, -0.2) is 0 Å². The van der Waals surface area contributed by atoms with E-state index in [-0.39, 0.29) is 18.9 Å². The number of anilines is 1. The number of carbonyl (C=O) groups excluding carboxylic acids is 3. The molecule has 0 spiro atoms. The van der Waals surface area contributed by atoms with Crippen LogP contribution in [0.5, 0.6) is 0 Å². The number of rotatable bonds is 4. The molecule has 6 nitrogen and oxygen atoms in total. The van der Waals surface area contributed by atoms with Gasteiger partial charge in [-0.1, -0.05) is 18.2 Å². The van der Waals surface area contributed by atoms with Crippen molar-refractivity contribution >= 4 is 34.5 Å². The van der Waals surface area contributed by atoms with Gasteiger partial charge in [0.15, 0.2) is 5.37 Å². The van der Waals surface area contributed by atoms with Crippen molar-refractivity contribution in [3.8, 4) is 6.07 Å². The summed E-state index contributed by atoms with van der Waals surface area (Å²) >= 11 is 0.797. The number of amides is 3. The van der Waals surface area contributed by atoms with Gasteiger partial charge in [0.25, 0.3) is 11.1 Å². The first-order valence-corrected chi connectivity index (χ1v) is 7.18. The van der Waals surface area contributed by atoms with Gasteiger partial charge in [-0.3, -0.25) is 24.2 Å². The molecule has 1 saturated heterocycles. The van der Waals surface area contributed by atoms with Crippen LogP contribution < -0.4 is 4.90 Å². The largest absolute Gasteiger partial charge is 0.290 e. The summed E-state index contributed by atoms with van der Waals surface area (Å²) in [5.74, 6) is -0.777. The molecular formula is C14H13N3O3S. The molecule has 1 aliphatic rings. The Morgan fingerprint density at radius 1 is 1.38 bits per heavy atom. The van der Waals surface area contributed by atoms with Crippen LogP contribution in [0.3, 0.4) is 0 Å². The lowest BCUT2D eigenvalue weighted by Crippen LogP contribution is -2.44. The Hall–Kier alpha value is -2.33. The quantitative estimate of drug-likeness (QED) is 0.849. The van der Waals surface area contributed by atoms with Crippen molar-refractivity contribution in [1.29, 1.82) is 5.26 Å². The van der Waals surface area contributed by atoms with Gasteiger partial charge in [-0.2, -0.15) is 5.26 Å². The molecule has 1 aliphatic heterocycles. The molecule has 1 aromatic rings. The Labute approximate surface area is 126 Å². The fourth-order valence-corrected chi connectivity index (χ4v) is 3.13. The number of carbonyl (C=O) groups is 3. The average Bonchev–Trinajstić information content (AvgIpc) is 2.73. The standard InChI is InChI=1S/C14H13N3O3S/c1-10(18)17(11-6-3-2-4-7-11)13-12(19)16(9-5-8-15)14(20)21-13/h2-4,6-7,13H,5,9H2,1H3/t13-/m0/s1. The molecule has 7 heteroatoms. The molecule has 1 aromatic carbocycles. The van der Waals surface area contributed by atoms with Crippen LogP contribution in [0.1, 0.15) is 13.3 Å². The smallest absolute Gasteiger partial charge is 0.290 e. The minimum atomic E-state index is -0.906. The van der Waals surface area contributed by atoms with E-state index < -0.39 is 16.5 Å². The van der Waals surface area contributed by atoms with Crippen LogP contribution in [0.15, 0.2) is 30.3 Å². The predicted octanol–water partition coefficient (Wildman–Crippen LogP) is 1.97. The number of thioether (sulfide) groups is 1. The first kappa shape index (κ1) is 15.1. The van der Waals surface area contributed by atoms with Crippen LogP contribution in [-0.4, -0.2) is 33.9 Å². The normalized spacial score (nSPS) is 17.7. The number of imide groups is 1. The van der Waals surface area contributed by atoms with Gasteiger partial charge >= 0.3 is 0 Å².